The van der Waals surface area contributed by atoms with Crippen LogP contribution in [0.1, 0.15) is 17.5 Å². The first kappa shape index (κ1) is 30.4. The summed E-state index contributed by atoms with van der Waals surface area (Å²) in [6.07, 6.45) is 0.0388. The van der Waals surface area contributed by atoms with E-state index >= 15 is 0 Å². The molecule has 5 rings (SSSR count). The van der Waals surface area contributed by atoms with Crippen molar-refractivity contribution in [3.05, 3.63) is 58.4 Å². The number of carbonyl (C=O) groups is 4. The van der Waals surface area contributed by atoms with Gasteiger partial charge in [0.25, 0.3) is 5.91 Å². The summed E-state index contributed by atoms with van der Waals surface area (Å²) in [5.41, 5.74) is 2.32. The van der Waals surface area contributed by atoms with Crippen molar-refractivity contribution < 1.29 is 44.7 Å². The quantitative estimate of drug-likeness (QED) is 0.179. The van der Waals surface area contributed by atoms with E-state index in [1.54, 1.807) is 19.0 Å². The standard InChI is InChI=1S/C30H33N5O9/c1-34(2)18-11-17(33-29(43)32-13-6-5-7-14(36)10-13)23(37)20-15(18)8-12-9-16-22(35(3)4)25(39)21(28(31)42)27(41)30(16,44)26(40)19(12)24(20)38/h5-7,10-12,16,22,36-38,41,44H,8-9H2,1-4H3,(H2,31,42)(H2,32,33,43)/t12-,16-,22-,30-/m1/s1. The number of carbonyl (C=O) groups excluding carboxylic acids is 4. The predicted octanol–water partition coefficient (Wildman–Crippen LogP) is 1.38. The number of aliphatic hydroxyl groups excluding tert-OH is 2. The normalized spacial score (nSPS) is 24.5. The number of phenols is 2. The molecular formula is C30H33N5O9. The Kier molecular flexibility index (Phi) is 7.30. The SMILES string of the molecule is CN(C)c1cc(NC(=O)Nc2cccc(O)c2)c(O)c2c1C[C@@H]1C[C@@H]3[C@@H](N(C)C)C(=O)C(C(N)=O)=C(O)[C@]3(O)C(=O)C1=C2O. The van der Waals surface area contributed by atoms with E-state index in [0.717, 1.165) is 0 Å². The van der Waals surface area contributed by atoms with Gasteiger partial charge in [0.1, 0.15) is 22.8 Å². The Morgan fingerprint density at radius 3 is 2.30 bits per heavy atom. The highest BCUT2D eigenvalue weighted by Crippen LogP contribution is 2.54. The van der Waals surface area contributed by atoms with Crippen molar-refractivity contribution in [1.82, 2.24) is 4.90 Å². The minimum absolute atomic E-state index is 0.0499. The molecule has 0 radical (unpaired) electrons. The van der Waals surface area contributed by atoms with Crippen LogP contribution in [0, 0.1) is 11.8 Å². The summed E-state index contributed by atoms with van der Waals surface area (Å²) in [5, 5.41) is 60.4. The van der Waals surface area contributed by atoms with Crippen molar-refractivity contribution in [3.8, 4) is 11.5 Å². The van der Waals surface area contributed by atoms with Gasteiger partial charge in [-0.3, -0.25) is 19.3 Å². The van der Waals surface area contributed by atoms with E-state index in [9.17, 15) is 44.7 Å². The van der Waals surface area contributed by atoms with Gasteiger partial charge < -0.3 is 46.8 Å². The number of phenolic OH excluding ortho intramolecular Hbond substituents is 2. The molecule has 0 aliphatic heterocycles. The van der Waals surface area contributed by atoms with Crippen molar-refractivity contribution in [3.63, 3.8) is 0 Å². The maximum atomic E-state index is 14.1. The number of rotatable bonds is 5. The number of amides is 3. The lowest BCUT2D eigenvalue weighted by Gasteiger charge is -2.50. The topological polar surface area (TPSA) is 226 Å². The molecule has 0 saturated heterocycles. The molecule has 2 aromatic rings. The van der Waals surface area contributed by atoms with Gasteiger partial charge in [0.05, 0.1) is 17.3 Å². The number of primary amides is 1. The molecule has 232 valence electrons. The monoisotopic (exact) mass is 607 g/mol. The second-order valence-electron chi connectivity index (χ2n) is 11.6. The Balaban J connectivity index is 1.64. The molecule has 1 fully saturated rings. The molecule has 14 nitrogen and oxygen atoms in total. The molecule has 3 aliphatic rings. The third-order valence-corrected chi connectivity index (χ3v) is 8.53. The Hall–Kier alpha value is -5.08. The van der Waals surface area contributed by atoms with Crippen LogP contribution in [0.5, 0.6) is 11.5 Å². The molecule has 3 amide bonds. The number of likely N-dealkylation sites (N-methyl/N-ethyl adjacent to an activating group) is 1. The molecule has 2 aromatic carbocycles. The van der Waals surface area contributed by atoms with E-state index in [4.69, 9.17) is 5.73 Å². The molecule has 9 N–H and O–H groups in total. The van der Waals surface area contributed by atoms with Crippen LogP contribution < -0.4 is 21.3 Å². The summed E-state index contributed by atoms with van der Waals surface area (Å²) in [5.74, 6) is -7.73. The average Bonchev–Trinajstić information content (AvgIpc) is 2.91. The Morgan fingerprint density at radius 1 is 1.02 bits per heavy atom. The molecule has 3 aliphatic carbocycles. The molecule has 4 atom stereocenters. The highest BCUT2D eigenvalue weighted by Gasteiger charge is 2.64. The fraction of sp³-hybridized carbons (Fsp3) is 0.333. The Labute approximate surface area is 251 Å². The van der Waals surface area contributed by atoms with Gasteiger partial charge in [-0.15, -0.1) is 0 Å². The molecular weight excluding hydrogens is 574 g/mol. The third-order valence-electron chi connectivity index (χ3n) is 8.53. The molecule has 0 aromatic heterocycles. The summed E-state index contributed by atoms with van der Waals surface area (Å²) in [6.45, 7) is 0. The van der Waals surface area contributed by atoms with E-state index in [0.29, 0.717) is 11.3 Å². The summed E-state index contributed by atoms with van der Waals surface area (Å²) in [7, 11) is 6.47. The van der Waals surface area contributed by atoms with Gasteiger partial charge in [0.2, 0.25) is 5.78 Å². The molecule has 0 spiro atoms. The zero-order chi connectivity index (χ0) is 32.4. The lowest BCUT2D eigenvalue weighted by molar-refractivity contribution is -0.153. The molecule has 0 heterocycles. The van der Waals surface area contributed by atoms with Crippen molar-refractivity contribution in [2.45, 2.75) is 24.5 Å². The zero-order valence-corrected chi connectivity index (χ0v) is 24.4. The second-order valence-corrected chi connectivity index (χ2v) is 11.6. The minimum atomic E-state index is -2.76. The van der Waals surface area contributed by atoms with Gasteiger partial charge in [0, 0.05) is 43.0 Å². The molecule has 0 bridgehead atoms. The van der Waals surface area contributed by atoms with E-state index < -0.39 is 69.8 Å². The third kappa shape index (κ3) is 4.50. The van der Waals surface area contributed by atoms with Crippen molar-refractivity contribution >= 4 is 46.3 Å². The van der Waals surface area contributed by atoms with Gasteiger partial charge in [-0.2, -0.15) is 0 Å². The van der Waals surface area contributed by atoms with Gasteiger partial charge in [-0.1, -0.05) is 6.07 Å². The van der Waals surface area contributed by atoms with E-state index in [1.807, 2.05) is 0 Å². The molecule has 44 heavy (non-hydrogen) atoms. The van der Waals surface area contributed by atoms with Gasteiger partial charge in [0.15, 0.2) is 17.1 Å². The second kappa shape index (κ2) is 10.6. The van der Waals surface area contributed by atoms with Crippen molar-refractivity contribution in [1.29, 1.82) is 0 Å². The number of fused-ring (bicyclic) bond motifs is 3. The predicted molar refractivity (Wildman–Crippen MR) is 159 cm³/mol. The van der Waals surface area contributed by atoms with E-state index in [1.165, 1.54) is 49.3 Å². The largest absolute Gasteiger partial charge is 0.508 e. The number of nitrogens with one attached hydrogen (secondary N) is 2. The number of nitrogens with zero attached hydrogens (tertiary/aromatic N) is 2. The van der Waals surface area contributed by atoms with Crippen LogP contribution in [0.15, 0.2) is 47.2 Å². The average molecular weight is 608 g/mol. The fourth-order valence-corrected chi connectivity index (χ4v) is 6.65. The number of benzene rings is 2. The van der Waals surface area contributed by atoms with Crippen LogP contribution in [0.3, 0.4) is 0 Å². The summed E-state index contributed by atoms with van der Waals surface area (Å²) < 4.78 is 0. The first-order valence-electron chi connectivity index (χ1n) is 13.7. The number of hydrogen-bond acceptors (Lipinski definition) is 11. The number of aromatic hydroxyl groups is 2. The highest BCUT2D eigenvalue weighted by atomic mass is 16.3. The Bertz CT molecular complexity index is 1700. The van der Waals surface area contributed by atoms with E-state index in [-0.39, 0.29) is 41.1 Å². The number of Topliss-reactive ketones (excluding diaryl/α,β-unsaturated/α-hetero) is 2. The number of aliphatic hydroxyl groups is 3. The summed E-state index contributed by atoms with van der Waals surface area (Å²) in [6, 6.07) is 5.32. The molecule has 0 unspecified atom stereocenters. The number of anilines is 3. The van der Waals surface area contributed by atoms with Crippen molar-refractivity contribution in [2.24, 2.45) is 17.6 Å². The fourth-order valence-electron chi connectivity index (χ4n) is 6.65. The number of ketones is 2. The van der Waals surface area contributed by atoms with Crippen LogP contribution in [0.2, 0.25) is 0 Å². The van der Waals surface area contributed by atoms with Gasteiger partial charge in [-0.05, 0) is 56.6 Å². The number of urea groups is 1. The smallest absolute Gasteiger partial charge is 0.323 e. The van der Waals surface area contributed by atoms with Crippen LogP contribution in [0.4, 0.5) is 21.9 Å². The lowest BCUT2D eigenvalue weighted by Crippen LogP contribution is -2.65. The number of hydrogen-bond donors (Lipinski definition) is 8. The summed E-state index contributed by atoms with van der Waals surface area (Å²) >= 11 is 0. The van der Waals surface area contributed by atoms with Crippen molar-refractivity contribution in [2.75, 3.05) is 43.7 Å². The van der Waals surface area contributed by atoms with Crippen LogP contribution in [0.25, 0.3) is 5.76 Å². The first-order valence-corrected chi connectivity index (χ1v) is 13.7. The van der Waals surface area contributed by atoms with Crippen LogP contribution in [-0.4, -0.2) is 93.8 Å². The highest BCUT2D eigenvalue weighted by molar-refractivity contribution is 6.24. The number of nitrogens with two attached hydrogens (primary N) is 1. The van der Waals surface area contributed by atoms with Crippen LogP contribution in [-0.2, 0) is 20.8 Å². The first-order chi connectivity index (χ1) is 20.6. The Morgan fingerprint density at radius 2 is 1.70 bits per heavy atom. The van der Waals surface area contributed by atoms with Gasteiger partial charge in [-0.25, -0.2) is 4.79 Å². The maximum absolute atomic E-state index is 14.1. The molecule has 14 heteroatoms. The minimum Gasteiger partial charge on any atom is -0.508 e. The zero-order valence-electron chi connectivity index (χ0n) is 24.4. The lowest BCUT2D eigenvalue weighted by atomic mass is 9.57. The maximum Gasteiger partial charge on any atom is 0.323 e. The summed E-state index contributed by atoms with van der Waals surface area (Å²) in [4.78, 5) is 55.4. The molecule has 1 saturated carbocycles. The van der Waals surface area contributed by atoms with Gasteiger partial charge >= 0.3 is 6.03 Å². The van der Waals surface area contributed by atoms with E-state index in [2.05, 4.69) is 10.6 Å². The van der Waals surface area contributed by atoms with Crippen LogP contribution >= 0.6 is 0 Å².